The Kier molecular flexibility index (Phi) is 8.36. The fraction of sp³-hybridized carbons (Fsp3) is 0.192. The summed E-state index contributed by atoms with van der Waals surface area (Å²) < 4.78 is 50.1. The number of alkyl halides is 3. The Balaban J connectivity index is 1.97. The minimum atomic E-state index is -4.59. The number of ketones is 1. The zero-order chi connectivity index (χ0) is 27.4. The molecule has 0 saturated heterocycles. The molecule has 0 N–H and O–H groups in total. The average Bonchev–Trinajstić information content (AvgIpc) is 2.88. The topological polar surface area (TPSA) is 79.6 Å². The van der Waals surface area contributed by atoms with Gasteiger partial charge in [0.1, 0.15) is 23.3 Å². The van der Waals surface area contributed by atoms with Gasteiger partial charge in [-0.3, -0.25) is 9.59 Å². The van der Waals surface area contributed by atoms with Crippen LogP contribution < -0.4 is 14.4 Å². The fourth-order valence-electron chi connectivity index (χ4n) is 3.28. The Labute approximate surface area is 220 Å². The summed E-state index contributed by atoms with van der Waals surface area (Å²) in [6.07, 6.45) is -4.79. The number of carbonyl (C=O) groups is 2. The predicted molar refractivity (Wildman–Crippen MR) is 132 cm³/mol. The largest absolute Gasteiger partial charge is 0.456 e. The van der Waals surface area contributed by atoms with E-state index in [4.69, 9.17) is 32.7 Å². The van der Waals surface area contributed by atoms with Crippen LogP contribution in [0, 0.1) is 11.3 Å². The van der Waals surface area contributed by atoms with Gasteiger partial charge in [0.25, 0.3) is 5.91 Å². The highest BCUT2D eigenvalue weighted by molar-refractivity contribution is 6.32. The van der Waals surface area contributed by atoms with Crippen molar-refractivity contribution in [2.24, 2.45) is 0 Å². The van der Waals surface area contributed by atoms with Crippen LogP contribution in [0.25, 0.3) is 0 Å². The molecule has 1 atom stereocenters. The van der Waals surface area contributed by atoms with Crippen LogP contribution in [0.4, 0.5) is 18.9 Å². The average molecular weight is 551 g/mol. The van der Waals surface area contributed by atoms with Crippen molar-refractivity contribution in [2.75, 3.05) is 11.9 Å². The smallest absolute Gasteiger partial charge is 0.416 e. The zero-order valence-corrected chi connectivity index (χ0v) is 21.0. The van der Waals surface area contributed by atoms with Gasteiger partial charge < -0.3 is 14.4 Å². The molecule has 0 radical (unpaired) electrons. The molecule has 3 aromatic rings. The first-order valence-electron chi connectivity index (χ1n) is 10.7. The van der Waals surface area contributed by atoms with Crippen LogP contribution in [0.15, 0.2) is 66.7 Å². The summed E-state index contributed by atoms with van der Waals surface area (Å²) in [5, 5.41) is 9.64. The Bertz CT molecular complexity index is 1360. The second-order valence-corrected chi connectivity index (χ2v) is 8.52. The zero-order valence-electron chi connectivity index (χ0n) is 19.5. The number of hydrogen-bond donors (Lipinski definition) is 0. The number of nitriles is 1. The summed E-state index contributed by atoms with van der Waals surface area (Å²) >= 11 is 12.2. The number of hydrogen-bond acceptors (Lipinski definition) is 5. The SMILES string of the molecule is CCC(=O)C(C#N)(Oc1cc(Oc2ccc(C(F)(F)F)cc2Cl)ccc1Cl)C(=O)N(C)c1ccccc1. The minimum Gasteiger partial charge on any atom is -0.456 e. The molecular weight excluding hydrogens is 532 g/mol. The lowest BCUT2D eigenvalue weighted by Crippen LogP contribution is -2.56. The Morgan fingerprint density at radius 3 is 2.22 bits per heavy atom. The van der Waals surface area contributed by atoms with Crippen molar-refractivity contribution in [1.29, 1.82) is 5.26 Å². The number of halogens is 5. The number of nitrogens with zero attached hydrogens (tertiary/aromatic N) is 2. The van der Waals surface area contributed by atoms with Gasteiger partial charge in [0.2, 0.25) is 5.78 Å². The van der Waals surface area contributed by atoms with Crippen molar-refractivity contribution in [3.63, 3.8) is 0 Å². The number of carbonyl (C=O) groups excluding carboxylic acids is 2. The van der Waals surface area contributed by atoms with Crippen molar-refractivity contribution in [3.05, 3.63) is 82.3 Å². The summed E-state index contributed by atoms with van der Waals surface area (Å²) in [6, 6.07) is 16.5. The quantitative estimate of drug-likeness (QED) is 0.280. The predicted octanol–water partition coefficient (Wildman–Crippen LogP) is 7.09. The van der Waals surface area contributed by atoms with Crippen LogP contribution in [0.3, 0.4) is 0 Å². The number of amides is 1. The van der Waals surface area contributed by atoms with E-state index in [2.05, 4.69) is 0 Å². The molecule has 11 heteroatoms. The number of para-hydroxylation sites is 1. The number of benzene rings is 3. The monoisotopic (exact) mass is 550 g/mol. The van der Waals surface area contributed by atoms with Crippen LogP contribution in [0.1, 0.15) is 18.9 Å². The highest BCUT2D eigenvalue weighted by Gasteiger charge is 2.50. The molecule has 0 saturated carbocycles. The van der Waals surface area contributed by atoms with E-state index in [-0.39, 0.29) is 33.7 Å². The van der Waals surface area contributed by atoms with Gasteiger partial charge in [-0.15, -0.1) is 0 Å². The molecule has 1 amide bonds. The highest BCUT2D eigenvalue weighted by Crippen LogP contribution is 2.39. The van der Waals surface area contributed by atoms with Crippen LogP contribution in [0.5, 0.6) is 17.2 Å². The van der Waals surface area contributed by atoms with E-state index in [1.54, 1.807) is 36.4 Å². The molecule has 0 aliphatic carbocycles. The van der Waals surface area contributed by atoms with Crippen molar-refractivity contribution in [2.45, 2.75) is 25.1 Å². The van der Waals surface area contributed by atoms with Crippen molar-refractivity contribution >= 4 is 40.6 Å². The van der Waals surface area contributed by atoms with E-state index >= 15 is 0 Å². The minimum absolute atomic E-state index is 0.0145. The Morgan fingerprint density at radius 1 is 0.973 bits per heavy atom. The maximum absolute atomic E-state index is 13.4. The van der Waals surface area contributed by atoms with Gasteiger partial charge in [0.15, 0.2) is 0 Å². The molecular formula is C26H19Cl2F3N2O4. The Hall–Kier alpha value is -3.74. The van der Waals surface area contributed by atoms with Gasteiger partial charge in [-0.05, 0) is 42.5 Å². The molecule has 3 rings (SSSR count). The summed E-state index contributed by atoms with van der Waals surface area (Å²) in [4.78, 5) is 27.5. The molecule has 3 aromatic carbocycles. The standard InChI is InChI=1S/C26H19Cl2F3N2O4/c1-3-23(34)25(15-32,24(35)33(2)17-7-5-4-6-8-17)37-22-14-18(10-11-19(22)27)36-21-12-9-16(13-20(21)28)26(29,30)31/h4-14H,3H2,1-2H3. The third kappa shape index (κ3) is 5.98. The molecule has 0 aliphatic heterocycles. The number of Topliss-reactive ketones (excluding diaryl/α,β-unsaturated/α-hetero) is 1. The summed E-state index contributed by atoms with van der Waals surface area (Å²) in [5.74, 6) is -2.07. The maximum Gasteiger partial charge on any atom is 0.416 e. The first-order chi connectivity index (χ1) is 17.4. The molecule has 1 unspecified atom stereocenters. The van der Waals surface area contributed by atoms with E-state index in [1.807, 2.05) is 0 Å². The van der Waals surface area contributed by atoms with E-state index in [9.17, 15) is 28.0 Å². The lowest BCUT2D eigenvalue weighted by Gasteiger charge is -2.30. The van der Waals surface area contributed by atoms with Crippen LogP contribution in [0.2, 0.25) is 10.0 Å². The summed E-state index contributed by atoms with van der Waals surface area (Å²) in [6.45, 7) is 1.47. The number of likely N-dealkylation sites (N-methyl/N-ethyl adjacent to an activating group) is 1. The molecule has 6 nitrogen and oxygen atoms in total. The molecule has 192 valence electrons. The van der Waals surface area contributed by atoms with Crippen molar-refractivity contribution in [3.8, 4) is 23.3 Å². The van der Waals surface area contributed by atoms with Crippen molar-refractivity contribution in [1.82, 2.24) is 0 Å². The first kappa shape index (κ1) is 27.8. The molecule has 37 heavy (non-hydrogen) atoms. The normalized spacial score (nSPS) is 12.7. The van der Waals surface area contributed by atoms with E-state index in [0.29, 0.717) is 11.8 Å². The molecule has 0 heterocycles. The maximum atomic E-state index is 13.4. The molecule has 0 aromatic heterocycles. The van der Waals surface area contributed by atoms with Gasteiger partial charge in [-0.1, -0.05) is 48.3 Å². The third-order valence-corrected chi connectivity index (χ3v) is 5.88. The van der Waals surface area contributed by atoms with Gasteiger partial charge in [0, 0.05) is 25.2 Å². The van der Waals surface area contributed by atoms with E-state index < -0.39 is 29.0 Å². The Morgan fingerprint density at radius 2 is 1.65 bits per heavy atom. The second-order valence-electron chi connectivity index (χ2n) is 7.71. The van der Waals surface area contributed by atoms with Crippen LogP contribution >= 0.6 is 23.2 Å². The van der Waals surface area contributed by atoms with Crippen molar-refractivity contribution < 1.29 is 32.2 Å². The lowest BCUT2D eigenvalue weighted by molar-refractivity contribution is -0.142. The van der Waals surface area contributed by atoms with Gasteiger partial charge in [-0.25, -0.2) is 0 Å². The van der Waals surface area contributed by atoms with E-state index in [1.165, 1.54) is 32.2 Å². The number of anilines is 1. The molecule has 0 aliphatic rings. The first-order valence-corrected chi connectivity index (χ1v) is 11.5. The number of rotatable bonds is 8. The van der Waals surface area contributed by atoms with Gasteiger partial charge in [0.05, 0.1) is 15.6 Å². The summed E-state index contributed by atoms with van der Waals surface area (Å²) in [5.41, 5.74) is -3.11. The molecule has 0 spiro atoms. The molecule has 0 fully saturated rings. The van der Waals surface area contributed by atoms with Gasteiger partial charge in [-0.2, -0.15) is 18.4 Å². The van der Waals surface area contributed by atoms with Gasteiger partial charge >= 0.3 is 11.8 Å². The molecule has 0 bridgehead atoms. The third-order valence-electron chi connectivity index (χ3n) is 5.27. The second kappa shape index (κ2) is 11.1. The van der Waals surface area contributed by atoms with E-state index in [0.717, 1.165) is 17.0 Å². The van der Waals surface area contributed by atoms with Crippen LogP contribution in [-0.2, 0) is 15.8 Å². The lowest BCUT2D eigenvalue weighted by atomic mass is 9.95. The van der Waals surface area contributed by atoms with Crippen LogP contribution in [-0.4, -0.2) is 24.3 Å². The number of ether oxygens (including phenoxy) is 2. The fourth-order valence-corrected chi connectivity index (χ4v) is 3.66. The summed E-state index contributed by atoms with van der Waals surface area (Å²) in [7, 11) is 1.39. The highest BCUT2D eigenvalue weighted by atomic mass is 35.5.